The van der Waals surface area contributed by atoms with Gasteiger partial charge in [-0.05, 0) is 42.0 Å². The number of carbonyl (C=O) groups is 1. The maximum atomic E-state index is 12.8. The van der Waals surface area contributed by atoms with E-state index in [1.54, 1.807) is 31.6 Å². The Kier molecular flexibility index (Phi) is 5.45. The first-order valence-electron chi connectivity index (χ1n) is 10.2. The zero-order chi connectivity index (χ0) is 22.1. The largest absolute Gasteiger partial charge is 0.493 e. The molecule has 32 heavy (non-hydrogen) atoms. The predicted molar refractivity (Wildman–Crippen MR) is 121 cm³/mol. The molecule has 0 aliphatic carbocycles. The standard InChI is InChI=1S/C24H22N2O5S/c1-28-18-7-5-16(12-20(18)29-2)24-25-17-9-10-26(13-22(17)32-24)23(27)8-4-15-3-6-19-21(11-15)31-14-30-19/h3-8,11-12H,9-10,13-14H2,1-2H3. The van der Waals surface area contributed by atoms with Crippen molar-refractivity contribution in [1.29, 1.82) is 0 Å². The van der Waals surface area contributed by atoms with Gasteiger partial charge >= 0.3 is 0 Å². The van der Waals surface area contributed by atoms with Crippen molar-refractivity contribution in [3.05, 3.63) is 58.6 Å². The van der Waals surface area contributed by atoms with E-state index in [1.807, 2.05) is 47.4 Å². The highest BCUT2D eigenvalue weighted by Gasteiger charge is 2.24. The summed E-state index contributed by atoms with van der Waals surface area (Å²) in [6, 6.07) is 11.4. The number of hydrogen-bond acceptors (Lipinski definition) is 7. The van der Waals surface area contributed by atoms with E-state index in [9.17, 15) is 4.79 Å². The number of rotatable bonds is 5. The first kappa shape index (κ1) is 20.4. The molecule has 5 rings (SSSR count). The predicted octanol–water partition coefficient (Wildman–Crippen LogP) is 4.15. The molecule has 3 aromatic rings. The monoisotopic (exact) mass is 450 g/mol. The molecular weight excluding hydrogens is 428 g/mol. The number of methoxy groups -OCH3 is 2. The van der Waals surface area contributed by atoms with Crippen LogP contribution in [0.4, 0.5) is 0 Å². The second kappa shape index (κ2) is 8.55. The highest BCUT2D eigenvalue weighted by atomic mass is 32.1. The van der Waals surface area contributed by atoms with E-state index in [2.05, 4.69) is 0 Å². The van der Waals surface area contributed by atoms with Crippen LogP contribution in [-0.2, 0) is 17.8 Å². The Hall–Kier alpha value is -3.52. The van der Waals surface area contributed by atoms with E-state index in [0.717, 1.165) is 38.9 Å². The molecule has 0 N–H and O–H groups in total. The van der Waals surface area contributed by atoms with Gasteiger partial charge in [-0.1, -0.05) is 6.07 Å². The molecule has 8 heteroatoms. The van der Waals surface area contributed by atoms with Crippen molar-refractivity contribution >= 4 is 23.3 Å². The molecule has 0 saturated carbocycles. The molecule has 0 saturated heterocycles. The Bertz CT molecular complexity index is 1200. The van der Waals surface area contributed by atoms with Crippen molar-refractivity contribution in [3.8, 4) is 33.6 Å². The molecule has 3 heterocycles. The first-order valence-corrected chi connectivity index (χ1v) is 11.0. The molecule has 164 valence electrons. The van der Waals surface area contributed by atoms with Gasteiger partial charge in [0.15, 0.2) is 23.0 Å². The molecule has 0 radical (unpaired) electrons. The molecule has 7 nitrogen and oxygen atoms in total. The fraction of sp³-hybridized carbons (Fsp3) is 0.250. The zero-order valence-corrected chi connectivity index (χ0v) is 18.6. The van der Waals surface area contributed by atoms with Gasteiger partial charge in [0.2, 0.25) is 12.7 Å². The highest BCUT2D eigenvalue weighted by Crippen LogP contribution is 2.37. The van der Waals surface area contributed by atoms with Crippen molar-refractivity contribution in [3.63, 3.8) is 0 Å². The second-order valence-electron chi connectivity index (χ2n) is 7.41. The summed E-state index contributed by atoms with van der Waals surface area (Å²) >= 11 is 1.61. The lowest BCUT2D eigenvalue weighted by molar-refractivity contribution is -0.126. The van der Waals surface area contributed by atoms with Gasteiger partial charge in [0.05, 0.1) is 26.5 Å². The fourth-order valence-electron chi connectivity index (χ4n) is 3.77. The topological polar surface area (TPSA) is 70.1 Å². The number of benzene rings is 2. The molecule has 0 spiro atoms. The average Bonchev–Trinajstić information content (AvgIpc) is 3.48. The van der Waals surface area contributed by atoms with E-state index < -0.39 is 0 Å². The number of fused-ring (bicyclic) bond motifs is 2. The third-order valence-corrected chi connectivity index (χ3v) is 6.62. The molecule has 0 fully saturated rings. The van der Waals surface area contributed by atoms with Crippen LogP contribution in [0, 0.1) is 0 Å². The Morgan fingerprint density at radius 2 is 1.94 bits per heavy atom. The van der Waals surface area contributed by atoms with Gasteiger partial charge in [-0.25, -0.2) is 4.98 Å². The summed E-state index contributed by atoms with van der Waals surface area (Å²) in [5.41, 5.74) is 2.93. The molecule has 2 aromatic carbocycles. The summed E-state index contributed by atoms with van der Waals surface area (Å²) in [6.45, 7) is 1.44. The van der Waals surface area contributed by atoms with Crippen LogP contribution in [0.15, 0.2) is 42.5 Å². The third kappa shape index (κ3) is 3.89. The molecule has 2 aliphatic heterocycles. The smallest absolute Gasteiger partial charge is 0.246 e. The minimum atomic E-state index is -0.0191. The average molecular weight is 451 g/mol. The maximum absolute atomic E-state index is 12.8. The van der Waals surface area contributed by atoms with Gasteiger partial charge in [-0.15, -0.1) is 11.3 Å². The Morgan fingerprint density at radius 3 is 2.78 bits per heavy atom. The van der Waals surface area contributed by atoms with Crippen LogP contribution in [0.3, 0.4) is 0 Å². The van der Waals surface area contributed by atoms with E-state index in [1.165, 1.54) is 0 Å². The molecule has 1 aromatic heterocycles. The first-order chi connectivity index (χ1) is 15.6. The van der Waals surface area contributed by atoms with E-state index >= 15 is 0 Å². The lowest BCUT2D eigenvalue weighted by atomic mass is 10.1. The van der Waals surface area contributed by atoms with E-state index in [0.29, 0.717) is 30.3 Å². The van der Waals surface area contributed by atoms with Crippen LogP contribution in [-0.4, -0.2) is 43.3 Å². The van der Waals surface area contributed by atoms with Crippen molar-refractivity contribution in [2.75, 3.05) is 27.6 Å². The number of amides is 1. The number of carbonyl (C=O) groups excluding carboxylic acids is 1. The zero-order valence-electron chi connectivity index (χ0n) is 17.8. The quantitative estimate of drug-likeness (QED) is 0.544. The van der Waals surface area contributed by atoms with Gasteiger partial charge in [-0.2, -0.15) is 0 Å². The Morgan fingerprint density at radius 1 is 1.09 bits per heavy atom. The molecule has 1 amide bonds. The van der Waals surface area contributed by atoms with Gasteiger partial charge in [0.1, 0.15) is 5.01 Å². The number of ether oxygens (including phenoxy) is 4. The summed E-state index contributed by atoms with van der Waals surface area (Å²) in [6.07, 6.45) is 4.16. The van der Waals surface area contributed by atoms with Crippen molar-refractivity contribution in [1.82, 2.24) is 9.88 Å². The summed E-state index contributed by atoms with van der Waals surface area (Å²) in [4.78, 5) is 20.6. The number of thiazole rings is 1. The maximum Gasteiger partial charge on any atom is 0.246 e. The van der Waals surface area contributed by atoms with Gasteiger partial charge in [-0.3, -0.25) is 4.79 Å². The lowest BCUT2D eigenvalue weighted by Gasteiger charge is -2.24. The molecule has 2 aliphatic rings. The van der Waals surface area contributed by atoms with Gasteiger partial charge < -0.3 is 23.8 Å². The minimum Gasteiger partial charge on any atom is -0.493 e. The normalized spacial score (nSPS) is 14.5. The molecule has 0 bridgehead atoms. The van der Waals surface area contributed by atoms with Crippen LogP contribution in [0.5, 0.6) is 23.0 Å². The van der Waals surface area contributed by atoms with Crippen LogP contribution >= 0.6 is 11.3 Å². The van der Waals surface area contributed by atoms with Crippen molar-refractivity contribution < 1.29 is 23.7 Å². The van der Waals surface area contributed by atoms with Crippen molar-refractivity contribution in [2.24, 2.45) is 0 Å². The highest BCUT2D eigenvalue weighted by molar-refractivity contribution is 7.15. The summed E-state index contributed by atoms with van der Waals surface area (Å²) < 4.78 is 21.5. The van der Waals surface area contributed by atoms with Gasteiger partial charge in [0, 0.05) is 29.5 Å². The summed E-state index contributed by atoms with van der Waals surface area (Å²) in [5.74, 6) is 2.77. The fourth-order valence-corrected chi connectivity index (χ4v) is 4.89. The Labute approximate surface area is 189 Å². The third-order valence-electron chi connectivity index (χ3n) is 5.49. The lowest BCUT2D eigenvalue weighted by Crippen LogP contribution is -2.34. The van der Waals surface area contributed by atoms with Gasteiger partial charge in [0.25, 0.3) is 0 Å². The minimum absolute atomic E-state index is 0.0191. The van der Waals surface area contributed by atoms with E-state index in [-0.39, 0.29) is 12.7 Å². The molecular formula is C24H22N2O5S. The van der Waals surface area contributed by atoms with Crippen molar-refractivity contribution in [2.45, 2.75) is 13.0 Å². The number of hydrogen-bond donors (Lipinski definition) is 0. The number of nitrogens with zero attached hydrogens (tertiary/aromatic N) is 2. The van der Waals surface area contributed by atoms with Crippen LogP contribution < -0.4 is 18.9 Å². The van der Waals surface area contributed by atoms with Crippen LogP contribution in [0.25, 0.3) is 16.6 Å². The SMILES string of the molecule is COc1ccc(-c2nc3c(s2)CN(C(=O)C=Cc2ccc4c(c2)OCO4)CC3)cc1OC. The van der Waals surface area contributed by atoms with Crippen LogP contribution in [0.1, 0.15) is 16.1 Å². The van der Waals surface area contributed by atoms with Crippen LogP contribution in [0.2, 0.25) is 0 Å². The number of aromatic nitrogens is 1. The molecule has 0 atom stereocenters. The second-order valence-corrected chi connectivity index (χ2v) is 8.50. The summed E-state index contributed by atoms with van der Waals surface area (Å²) in [5, 5.41) is 0.918. The summed E-state index contributed by atoms with van der Waals surface area (Å²) in [7, 11) is 3.24. The Balaban J connectivity index is 1.30. The molecule has 0 unspecified atom stereocenters. The van der Waals surface area contributed by atoms with E-state index in [4.69, 9.17) is 23.9 Å².